The van der Waals surface area contributed by atoms with Gasteiger partial charge in [0.2, 0.25) is 0 Å². The highest BCUT2D eigenvalue weighted by Gasteiger charge is 2.40. The van der Waals surface area contributed by atoms with Gasteiger partial charge in [0, 0.05) is 19.6 Å². The second-order valence-corrected chi connectivity index (χ2v) is 7.06. The van der Waals surface area contributed by atoms with Crippen molar-refractivity contribution in [2.45, 2.75) is 39.7 Å². The van der Waals surface area contributed by atoms with Gasteiger partial charge in [0.25, 0.3) is 11.8 Å². The van der Waals surface area contributed by atoms with E-state index in [-0.39, 0.29) is 11.8 Å². The number of carbonyl (C=O) groups is 2. The molecule has 4 nitrogen and oxygen atoms in total. The van der Waals surface area contributed by atoms with E-state index in [1.807, 2.05) is 72.5 Å². The minimum Gasteiger partial charge on any atom is -0.362 e. The van der Waals surface area contributed by atoms with E-state index in [1.54, 1.807) is 0 Å². The number of carbonyl (C=O) groups excluding carboxylic acids is 2. The van der Waals surface area contributed by atoms with E-state index < -0.39 is 0 Å². The zero-order valence-corrected chi connectivity index (χ0v) is 16.7. The first-order chi connectivity index (χ1) is 13.7. The van der Waals surface area contributed by atoms with Gasteiger partial charge in [-0.05, 0) is 24.5 Å². The molecule has 0 radical (unpaired) electrons. The third kappa shape index (κ3) is 4.16. The van der Waals surface area contributed by atoms with Crippen LogP contribution in [0.25, 0.3) is 5.57 Å². The van der Waals surface area contributed by atoms with Crippen LogP contribution < -0.4 is 0 Å². The first-order valence-corrected chi connectivity index (χ1v) is 10.1. The molecule has 2 aromatic carbocycles. The number of nitrogens with zero attached hydrogens (tertiary/aromatic N) is 2. The Hall–Kier alpha value is -2.88. The predicted molar refractivity (Wildman–Crippen MR) is 112 cm³/mol. The Morgan fingerprint density at radius 2 is 1.46 bits per heavy atom. The molecule has 146 valence electrons. The van der Waals surface area contributed by atoms with Crippen LogP contribution in [0.3, 0.4) is 0 Å². The SMILES string of the molecule is CCCCCN1C(=O)C(c2ccccc2)=C(N(CC)Cc2ccccc2)C1=O. The van der Waals surface area contributed by atoms with E-state index in [9.17, 15) is 9.59 Å². The topological polar surface area (TPSA) is 40.6 Å². The summed E-state index contributed by atoms with van der Waals surface area (Å²) in [7, 11) is 0. The summed E-state index contributed by atoms with van der Waals surface area (Å²) in [5.74, 6) is -0.341. The van der Waals surface area contributed by atoms with Crippen LogP contribution in [0, 0.1) is 0 Å². The molecule has 4 heteroatoms. The predicted octanol–water partition coefficient (Wildman–Crippen LogP) is 4.48. The molecule has 0 saturated carbocycles. The van der Waals surface area contributed by atoms with Gasteiger partial charge in [0.1, 0.15) is 5.70 Å². The molecule has 0 spiro atoms. The van der Waals surface area contributed by atoms with Crippen molar-refractivity contribution >= 4 is 17.4 Å². The van der Waals surface area contributed by atoms with Crippen molar-refractivity contribution in [1.29, 1.82) is 0 Å². The summed E-state index contributed by atoms with van der Waals surface area (Å²) in [6.45, 7) is 5.88. The van der Waals surface area contributed by atoms with E-state index >= 15 is 0 Å². The van der Waals surface area contributed by atoms with E-state index in [0.717, 1.165) is 30.4 Å². The normalized spacial score (nSPS) is 14.1. The third-order valence-electron chi connectivity index (χ3n) is 5.11. The summed E-state index contributed by atoms with van der Waals surface area (Å²) in [4.78, 5) is 30.0. The smallest absolute Gasteiger partial charge is 0.277 e. The number of hydrogen-bond donors (Lipinski definition) is 0. The molecule has 1 aliphatic rings. The van der Waals surface area contributed by atoms with Gasteiger partial charge in [-0.3, -0.25) is 14.5 Å². The van der Waals surface area contributed by atoms with Gasteiger partial charge < -0.3 is 4.90 Å². The van der Waals surface area contributed by atoms with Gasteiger partial charge in [0.15, 0.2) is 0 Å². The van der Waals surface area contributed by atoms with Gasteiger partial charge in [-0.2, -0.15) is 0 Å². The average molecular weight is 377 g/mol. The van der Waals surface area contributed by atoms with Crippen LogP contribution in [-0.4, -0.2) is 34.7 Å². The second kappa shape index (κ2) is 9.36. The van der Waals surface area contributed by atoms with Gasteiger partial charge in [-0.15, -0.1) is 0 Å². The number of benzene rings is 2. The quantitative estimate of drug-likeness (QED) is 0.479. The maximum atomic E-state index is 13.3. The van der Waals surface area contributed by atoms with Crippen molar-refractivity contribution in [3.63, 3.8) is 0 Å². The number of unbranched alkanes of at least 4 members (excludes halogenated alkanes) is 2. The monoisotopic (exact) mass is 376 g/mol. The molecule has 28 heavy (non-hydrogen) atoms. The molecule has 0 aliphatic carbocycles. The van der Waals surface area contributed by atoms with Gasteiger partial charge in [0.05, 0.1) is 5.57 Å². The minimum atomic E-state index is -0.172. The van der Waals surface area contributed by atoms with Crippen molar-refractivity contribution in [2.24, 2.45) is 0 Å². The van der Waals surface area contributed by atoms with E-state index in [4.69, 9.17) is 0 Å². The Kier molecular flexibility index (Phi) is 6.64. The van der Waals surface area contributed by atoms with Crippen LogP contribution in [0.4, 0.5) is 0 Å². The Labute approximate surface area is 167 Å². The van der Waals surface area contributed by atoms with Gasteiger partial charge >= 0.3 is 0 Å². The molecule has 0 bridgehead atoms. The molecule has 0 unspecified atom stereocenters. The summed E-state index contributed by atoms with van der Waals surface area (Å²) < 4.78 is 0. The number of likely N-dealkylation sites (N-methyl/N-ethyl adjacent to an activating group) is 1. The third-order valence-corrected chi connectivity index (χ3v) is 5.11. The van der Waals surface area contributed by atoms with Crippen LogP contribution in [-0.2, 0) is 16.1 Å². The van der Waals surface area contributed by atoms with Crippen LogP contribution in [0.2, 0.25) is 0 Å². The van der Waals surface area contributed by atoms with Crippen LogP contribution in [0.5, 0.6) is 0 Å². The Balaban J connectivity index is 1.99. The van der Waals surface area contributed by atoms with Crippen LogP contribution >= 0.6 is 0 Å². The van der Waals surface area contributed by atoms with Crippen LogP contribution in [0.1, 0.15) is 44.2 Å². The molecule has 0 N–H and O–H groups in total. The van der Waals surface area contributed by atoms with Crippen LogP contribution in [0.15, 0.2) is 66.4 Å². The number of hydrogen-bond acceptors (Lipinski definition) is 3. The maximum absolute atomic E-state index is 13.3. The highest BCUT2D eigenvalue weighted by atomic mass is 16.2. The van der Waals surface area contributed by atoms with E-state index in [2.05, 4.69) is 6.92 Å². The molecule has 0 atom stereocenters. The lowest BCUT2D eigenvalue weighted by molar-refractivity contribution is -0.137. The fourth-order valence-electron chi connectivity index (χ4n) is 3.60. The summed E-state index contributed by atoms with van der Waals surface area (Å²) in [6.07, 6.45) is 2.90. The number of imide groups is 1. The van der Waals surface area contributed by atoms with Gasteiger partial charge in [-0.1, -0.05) is 80.4 Å². The molecule has 0 fully saturated rings. The van der Waals surface area contributed by atoms with Crippen molar-refractivity contribution in [2.75, 3.05) is 13.1 Å². The summed E-state index contributed by atoms with van der Waals surface area (Å²) >= 11 is 0. The van der Waals surface area contributed by atoms with Crippen molar-refractivity contribution in [1.82, 2.24) is 9.80 Å². The maximum Gasteiger partial charge on any atom is 0.277 e. The molecule has 1 heterocycles. The molecule has 0 saturated heterocycles. The molecule has 3 rings (SSSR count). The fraction of sp³-hybridized carbons (Fsp3) is 0.333. The van der Waals surface area contributed by atoms with Crippen molar-refractivity contribution in [3.8, 4) is 0 Å². The number of rotatable bonds is 9. The van der Waals surface area contributed by atoms with Crippen molar-refractivity contribution < 1.29 is 9.59 Å². The molecule has 2 aromatic rings. The number of amides is 2. The first kappa shape index (κ1) is 19.9. The lowest BCUT2D eigenvalue weighted by Crippen LogP contribution is -2.35. The highest BCUT2D eigenvalue weighted by molar-refractivity contribution is 6.35. The second-order valence-electron chi connectivity index (χ2n) is 7.06. The lowest BCUT2D eigenvalue weighted by atomic mass is 10.0. The van der Waals surface area contributed by atoms with E-state index in [0.29, 0.717) is 30.9 Å². The first-order valence-electron chi connectivity index (χ1n) is 10.1. The zero-order chi connectivity index (χ0) is 19.9. The van der Waals surface area contributed by atoms with E-state index in [1.165, 1.54) is 4.90 Å². The van der Waals surface area contributed by atoms with Gasteiger partial charge in [-0.25, -0.2) is 0 Å². The summed E-state index contributed by atoms with van der Waals surface area (Å²) in [5, 5.41) is 0. The molecule has 2 amide bonds. The Morgan fingerprint density at radius 3 is 2.07 bits per heavy atom. The summed E-state index contributed by atoms with van der Waals surface area (Å²) in [5.41, 5.74) is 2.98. The highest BCUT2D eigenvalue weighted by Crippen LogP contribution is 2.32. The Bertz CT molecular complexity index is 843. The molecule has 1 aliphatic heterocycles. The minimum absolute atomic E-state index is 0.169. The Morgan fingerprint density at radius 1 is 0.821 bits per heavy atom. The summed E-state index contributed by atoms with van der Waals surface area (Å²) in [6, 6.07) is 19.6. The molecular weight excluding hydrogens is 348 g/mol. The standard InChI is InChI=1S/C24H28N2O2/c1-3-5-12-17-26-23(27)21(20-15-10-7-11-16-20)22(24(26)28)25(4-2)18-19-13-8-6-9-14-19/h6-11,13-16H,3-5,12,17-18H2,1-2H3. The zero-order valence-electron chi connectivity index (χ0n) is 16.7. The average Bonchev–Trinajstić information content (AvgIpc) is 2.98. The lowest BCUT2D eigenvalue weighted by Gasteiger charge is -2.25. The largest absolute Gasteiger partial charge is 0.362 e. The molecule has 0 aromatic heterocycles. The fourth-order valence-corrected chi connectivity index (χ4v) is 3.60. The van der Waals surface area contributed by atoms with Crippen molar-refractivity contribution in [3.05, 3.63) is 77.5 Å². The molecular formula is C24H28N2O2.